The van der Waals surface area contributed by atoms with Crippen LogP contribution in [0.15, 0.2) is 23.1 Å². The van der Waals surface area contributed by atoms with Crippen molar-refractivity contribution in [3.63, 3.8) is 0 Å². The van der Waals surface area contributed by atoms with Crippen molar-refractivity contribution in [2.45, 2.75) is 31.6 Å². The van der Waals surface area contributed by atoms with Crippen LogP contribution in [-0.2, 0) is 6.42 Å². The van der Waals surface area contributed by atoms with Gasteiger partial charge in [-0.05, 0) is 42.2 Å². The van der Waals surface area contributed by atoms with E-state index in [1.54, 1.807) is 0 Å². The third kappa shape index (κ3) is 2.78. The van der Waals surface area contributed by atoms with Crippen LogP contribution in [0.2, 0.25) is 0 Å². The van der Waals surface area contributed by atoms with Gasteiger partial charge in [-0.3, -0.25) is 4.79 Å². The van der Waals surface area contributed by atoms with Crippen molar-refractivity contribution >= 4 is 17.5 Å². The molecule has 1 aromatic carbocycles. The number of hydrogen-bond acceptors (Lipinski definition) is 3. The fourth-order valence-corrected chi connectivity index (χ4v) is 3.43. The van der Waals surface area contributed by atoms with E-state index in [0.717, 1.165) is 12.0 Å². The van der Waals surface area contributed by atoms with Gasteiger partial charge in [0.1, 0.15) is 0 Å². The molecule has 2 rings (SSSR count). The second-order valence-corrected chi connectivity index (χ2v) is 6.36. The van der Waals surface area contributed by atoms with Crippen LogP contribution in [0.5, 0.6) is 0 Å². The van der Waals surface area contributed by atoms with Gasteiger partial charge in [-0.25, -0.2) is 0 Å². The molecule has 0 radical (unpaired) electrons. The summed E-state index contributed by atoms with van der Waals surface area (Å²) in [6.45, 7) is 4.55. The van der Waals surface area contributed by atoms with E-state index in [9.17, 15) is 4.79 Å². The fraction of sp³-hybridized carbons (Fsp3) is 0.533. The van der Waals surface area contributed by atoms with Crippen molar-refractivity contribution in [3.05, 3.63) is 29.3 Å². The van der Waals surface area contributed by atoms with Gasteiger partial charge in [-0.15, -0.1) is 11.8 Å². The fourth-order valence-electron chi connectivity index (χ4n) is 2.41. The predicted molar refractivity (Wildman–Crippen MR) is 77.2 cm³/mol. The Morgan fingerprint density at radius 2 is 2.22 bits per heavy atom. The van der Waals surface area contributed by atoms with E-state index >= 15 is 0 Å². The maximum Gasteiger partial charge on any atom is 0.167 e. The van der Waals surface area contributed by atoms with Gasteiger partial charge in [0.05, 0.1) is 0 Å². The van der Waals surface area contributed by atoms with Gasteiger partial charge in [0.15, 0.2) is 5.78 Å². The zero-order chi connectivity index (χ0) is 13.1. The van der Waals surface area contributed by atoms with Crippen LogP contribution in [0.1, 0.15) is 36.2 Å². The average Bonchev–Trinajstić information content (AvgIpc) is 2.38. The van der Waals surface area contributed by atoms with E-state index in [4.69, 9.17) is 5.73 Å². The van der Waals surface area contributed by atoms with E-state index in [1.165, 1.54) is 22.6 Å². The summed E-state index contributed by atoms with van der Waals surface area (Å²) in [6.07, 6.45) is 2.30. The Labute approximate surface area is 113 Å². The van der Waals surface area contributed by atoms with E-state index in [0.29, 0.717) is 12.5 Å². The Morgan fingerprint density at radius 3 is 2.89 bits per heavy atom. The molecule has 0 bridgehead atoms. The predicted octanol–water partition coefficient (Wildman–Crippen LogP) is 3.14. The van der Waals surface area contributed by atoms with Crippen LogP contribution in [0.4, 0.5) is 0 Å². The summed E-state index contributed by atoms with van der Waals surface area (Å²) in [5.41, 5.74) is 7.89. The molecule has 0 aliphatic carbocycles. The minimum atomic E-state index is -0.0562. The Kier molecular flexibility index (Phi) is 4.46. The van der Waals surface area contributed by atoms with E-state index in [1.807, 2.05) is 17.8 Å². The van der Waals surface area contributed by atoms with Crippen molar-refractivity contribution in [3.8, 4) is 0 Å². The maximum atomic E-state index is 12.4. The molecule has 0 spiro atoms. The molecule has 1 unspecified atom stereocenters. The second-order valence-electron chi connectivity index (χ2n) is 5.22. The number of rotatable bonds is 4. The Morgan fingerprint density at radius 1 is 1.44 bits per heavy atom. The van der Waals surface area contributed by atoms with Crippen LogP contribution >= 0.6 is 11.8 Å². The number of ketones is 1. The number of carbonyl (C=O) groups excluding carboxylic acids is 1. The van der Waals surface area contributed by atoms with Gasteiger partial charge in [0, 0.05) is 22.9 Å². The largest absolute Gasteiger partial charge is 0.330 e. The lowest BCUT2D eigenvalue weighted by Crippen LogP contribution is -2.28. The smallest absolute Gasteiger partial charge is 0.167 e. The van der Waals surface area contributed by atoms with Crippen molar-refractivity contribution < 1.29 is 4.79 Å². The highest BCUT2D eigenvalue weighted by molar-refractivity contribution is 7.99. The van der Waals surface area contributed by atoms with Crippen LogP contribution in [0.3, 0.4) is 0 Å². The summed E-state index contributed by atoms with van der Waals surface area (Å²) < 4.78 is 0. The average molecular weight is 263 g/mol. The monoisotopic (exact) mass is 263 g/mol. The van der Waals surface area contributed by atoms with Crippen LogP contribution in [0, 0.1) is 11.8 Å². The minimum absolute atomic E-state index is 0.0562. The summed E-state index contributed by atoms with van der Waals surface area (Å²) in [5.74, 6) is 1.63. The van der Waals surface area contributed by atoms with Gasteiger partial charge in [-0.1, -0.05) is 19.9 Å². The van der Waals surface area contributed by atoms with E-state index in [-0.39, 0.29) is 11.7 Å². The molecular formula is C15H21NOS. The van der Waals surface area contributed by atoms with E-state index in [2.05, 4.69) is 26.0 Å². The molecular weight excluding hydrogens is 242 g/mol. The molecule has 0 saturated carbocycles. The van der Waals surface area contributed by atoms with Gasteiger partial charge in [0.25, 0.3) is 0 Å². The lowest BCUT2D eigenvalue weighted by Gasteiger charge is -2.20. The highest BCUT2D eigenvalue weighted by Gasteiger charge is 2.23. The quantitative estimate of drug-likeness (QED) is 0.849. The van der Waals surface area contributed by atoms with Crippen LogP contribution in [-0.4, -0.2) is 18.1 Å². The first-order chi connectivity index (χ1) is 8.63. The summed E-state index contributed by atoms with van der Waals surface area (Å²) >= 11 is 1.89. The number of benzene rings is 1. The standard InChI is InChI=1S/C15H21NOS/c1-10(2)13(9-16)15(17)12-5-6-14-11(8-12)4-3-7-18-14/h5-6,8,10,13H,3-4,7,9,16H2,1-2H3. The molecule has 18 heavy (non-hydrogen) atoms. The number of aryl methyl sites for hydroxylation is 1. The summed E-state index contributed by atoms with van der Waals surface area (Å²) in [5, 5.41) is 0. The lowest BCUT2D eigenvalue weighted by molar-refractivity contribution is 0.0892. The highest BCUT2D eigenvalue weighted by atomic mass is 32.2. The van der Waals surface area contributed by atoms with Gasteiger partial charge in [0.2, 0.25) is 0 Å². The molecule has 0 aromatic heterocycles. The van der Waals surface area contributed by atoms with Gasteiger partial charge in [-0.2, -0.15) is 0 Å². The van der Waals surface area contributed by atoms with E-state index < -0.39 is 0 Å². The topological polar surface area (TPSA) is 43.1 Å². The molecule has 98 valence electrons. The molecule has 2 nitrogen and oxygen atoms in total. The molecule has 0 fully saturated rings. The van der Waals surface area contributed by atoms with Crippen LogP contribution < -0.4 is 5.73 Å². The van der Waals surface area contributed by atoms with Crippen molar-refractivity contribution in [2.24, 2.45) is 17.6 Å². The van der Waals surface area contributed by atoms with Gasteiger partial charge < -0.3 is 5.73 Å². The first-order valence-electron chi connectivity index (χ1n) is 6.63. The molecule has 1 heterocycles. The highest BCUT2D eigenvalue weighted by Crippen LogP contribution is 2.31. The molecule has 2 N–H and O–H groups in total. The molecule has 1 atom stereocenters. The Bertz CT molecular complexity index is 442. The van der Waals surface area contributed by atoms with Crippen molar-refractivity contribution in [1.82, 2.24) is 0 Å². The van der Waals surface area contributed by atoms with Crippen LogP contribution in [0.25, 0.3) is 0 Å². The molecule has 1 aromatic rings. The number of carbonyl (C=O) groups is 1. The molecule has 0 saturated heterocycles. The zero-order valence-corrected chi connectivity index (χ0v) is 11.9. The lowest BCUT2D eigenvalue weighted by atomic mass is 9.87. The Hall–Kier alpha value is -0.800. The summed E-state index contributed by atoms with van der Waals surface area (Å²) in [6, 6.07) is 6.14. The number of thioether (sulfide) groups is 1. The summed E-state index contributed by atoms with van der Waals surface area (Å²) in [7, 11) is 0. The molecule has 0 amide bonds. The summed E-state index contributed by atoms with van der Waals surface area (Å²) in [4.78, 5) is 13.8. The van der Waals surface area contributed by atoms with Gasteiger partial charge >= 0.3 is 0 Å². The number of hydrogen-bond donors (Lipinski definition) is 1. The minimum Gasteiger partial charge on any atom is -0.330 e. The number of Topliss-reactive ketones (excluding diaryl/α,β-unsaturated/α-hetero) is 1. The van der Waals surface area contributed by atoms with Crippen molar-refractivity contribution in [2.75, 3.05) is 12.3 Å². The first kappa shape index (κ1) is 13.6. The molecule has 1 aliphatic heterocycles. The number of fused-ring (bicyclic) bond motifs is 1. The molecule has 1 aliphatic rings. The third-order valence-electron chi connectivity index (χ3n) is 3.59. The first-order valence-corrected chi connectivity index (χ1v) is 7.62. The third-order valence-corrected chi connectivity index (χ3v) is 4.79. The number of nitrogens with two attached hydrogens (primary N) is 1. The second kappa shape index (κ2) is 5.89. The maximum absolute atomic E-state index is 12.4. The normalized spacial score (nSPS) is 16.4. The Balaban J connectivity index is 2.25. The molecule has 3 heteroatoms. The van der Waals surface area contributed by atoms with Crippen molar-refractivity contribution in [1.29, 1.82) is 0 Å². The zero-order valence-electron chi connectivity index (χ0n) is 11.1. The SMILES string of the molecule is CC(C)C(CN)C(=O)c1ccc2c(c1)CCCS2.